The van der Waals surface area contributed by atoms with Crippen LogP contribution in [0.15, 0.2) is 22.7 Å². The smallest absolute Gasteiger partial charge is 0.309 e. The molecule has 21 heavy (non-hydrogen) atoms. The quantitative estimate of drug-likeness (QED) is 0.795. The second-order valence-corrected chi connectivity index (χ2v) is 6.01. The first-order valence-electron chi connectivity index (χ1n) is 6.66. The monoisotopic (exact) mass is 356 g/mol. The third-order valence-corrected chi connectivity index (χ3v) is 3.66. The van der Waals surface area contributed by atoms with E-state index in [9.17, 15) is 9.59 Å². The van der Waals surface area contributed by atoms with Crippen LogP contribution < -0.4 is 5.32 Å². The van der Waals surface area contributed by atoms with Crippen molar-refractivity contribution in [1.82, 2.24) is 4.90 Å². The number of amides is 1. The number of anilines is 1. The van der Waals surface area contributed by atoms with Crippen molar-refractivity contribution in [2.75, 3.05) is 32.6 Å². The molecule has 6 heteroatoms. The zero-order valence-corrected chi connectivity index (χ0v) is 14.4. The molecule has 1 amide bonds. The number of nitrogens with zero attached hydrogens (tertiary/aromatic N) is 1. The van der Waals surface area contributed by atoms with Crippen molar-refractivity contribution in [3.63, 3.8) is 0 Å². The number of methoxy groups -OCH3 is 1. The number of carbonyl (C=O) groups excluding carboxylic acids is 2. The Morgan fingerprint density at radius 3 is 2.67 bits per heavy atom. The van der Waals surface area contributed by atoms with E-state index in [1.165, 1.54) is 7.11 Å². The van der Waals surface area contributed by atoms with E-state index in [-0.39, 0.29) is 24.3 Å². The molecule has 0 fully saturated rings. The Bertz CT molecular complexity index is 520. The summed E-state index contributed by atoms with van der Waals surface area (Å²) in [4.78, 5) is 25.1. The highest BCUT2D eigenvalue weighted by Gasteiger charge is 2.17. The van der Waals surface area contributed by atoms with Crippen LogP contribution in [0.2, 0.25) is 0 Å². The predicted molar refractivity (Wildman–Crippen MR) is 86.2 cm³/mol. The number of nitrogens with one attached hydrogen (secondary N) is 1. The molecule has 1 rings (SSSR count). The van der Waals surface area contributed by atoms with Gasteiger partial charge < -0.3 is 10.1 Å². The molecule has 0 saturated heterocycles. The zero-order chi connectivity index (χ0) is 16.0. The Balaban J connectivity index is 2.51. The molecule has 0 spiro atoms. The van der Waals surface area contributed by atoms with E-state index in [0.29, 0.717) is 6.54 Å². The summed E-state index contributed by atoms with van der Waals surface area (Å²) in [6, 6.07) is 5.73. The minimum absolute atomic E-state index is 0.126. The van der Waals surface area contributed by atoms with Gasteiger partial charge in [0.25, 0.3) is 0 Å². The fourth-order valence-electron chi connectivity index (χ4n) is 1.96. The predicted octanol–water partition coefficient (Wildman–Crippen LogP) is 2.44. The number of likely N-dealkylation sites (N-methyl/N-ethyl adjacent to an activating group) is 1. The van der Waals surface area contributed by atoms with Crippen LogP contribution >= 0.6 is 15.9 Å². The lowest BCUT2D eigenvalue weighted by atomic mass is 10.2. The van der Waals surface area contributed by atoms with Crippen LogP contribution in [-0.4, -0.2) is 44.0 Å². The summed E-state index contributed by atoms with van der Waals surface area (Å²) < 4.78 is 5.52. The first kappa shape index (κ1) is 17.7. The van der Waals surface area contributed by atoms with Crippen LogP contribution in [0, 0.1) is 12.8 Å². The van der Waals surface area contributed by atoms with Gasteiger partial charge in [0.2, 0.25) is 5.91 Å². The van der Waals surface area contributed by atoms with E-state index in [2.05, 4.69) is 26.0 Å². The normalized spacial score (nSPS) is 12.1. The zero-order valence-electron chi connectivity index (χ0n) is 12.8. The van der Waals surface area contributed by atoms with Crippen molar-refractivity contribution in [3.05, 3.63) is 28.2 Å². The van der Waals surface area contributed by atoms with Gasteiger partial charge in [0.1, 0.15) is 0 Å². The molecule has 1 N–H and O–H groups in total. The van der Waals surface area contributed by atoms with E-state index in [0.717, 1.165) is 15.7 Å². The van der Waals surface area contributed by atoms with Crippen molar-refractivity contribution in [2.45, 2.75) is 13.8 Å². The summed E-state index contributed by atoms with van der Waals surface area (Å²) in [5.41, 5.74) is 1.85. The number of halogens is 1. The van der Waals surface area contributed by atoms with Gasteiger partial charge in [-0.2, -0.15) is 0 Å². The Hall–Kier alpha value is -1.40. The third-order valence-electron chi connectivity index (χ3n) is 3.00. The third kappa shape index (κ3) is 5.85. The van der Waals surface area contributed by atoms with Crippen molar-refractivity contribution < 1.29 is 14.3 Å². The van der Waals surface area contributed by atoms with E-state index < -0.39 is 0 Å². The molecule has 0 aliphatic heterocycles. The molecule has 0 aliphatic rings. The van der Waals surface area contributed by atoms with Gasteiger partial charge in [-0.3, -0.25) is 14.5 Å². The number of rotatable bonds is 6. The maximum atomic E-state index is 12.0. The molecule has 116 valence electrons. The van der Waals surface area contributed by atoms with Crippen molar-refractivity contribution in [3.8, 4) is 0 Å². The van der Waals surface area contributed by atoms with Gasteiger partial charge in [-0.05, 0) is 47.6 Å². The topological polar surface area (TPSA) is 58.6 Å². The van der Waals surface area contributed by atoms with Crippen LogP contribution in [0.4, 0.5) is 5.69 Å². The number of hydrogen-bond donors (Lipinski definition) is 1. The second kappa shape index (κ2) is 8.14. The maximum Gasteiger partial charge on any atom is 0.309 e. The van der Waals surface area contributed by atoms with Crippen LogP contribution in [0.3, 0.4) is 0 Å². The summed E-state index contributed by atoms with van der Waals surface area (Å²) in [5.74, 6) is -0.665. The molecule has 0 aliphatic carbocycles. The fraction of sp³-hybridized carbons (Fsp3) is 0.467. The standard InChI is InChI=1S/C15H21BrN2O3/c1-10-5-6-13(12(16)7-10)17-14(19)9-18(3)8-11(2)15(20)21-4/h5-7,11H,8-9H2,1-4H3,(H,17,19). The fourth-order valence-corrected chi connectivity index (χ4v) is 2.56. The maximum absolute atomic E-state index is 12.0. The highest BCUT2D eigenvalue weighted by atomic mass is 79.9. The molecule has 5 nitrogen and oxygen atoms in total. The number of benzene rings is 1. The van der Waals surface area contributed by atoms with Gasteiger partial charge in [-0.15, -0.1) is 0 Å². The van der Waals surface area contributed by atoms with Gasteiger partial charge in [0.15, 0.2) is 0 Å². The highest BCUT2D eigenvalue weighted by molar-refractivity contribution is 9.10. The van der Waals surface area contributed by atoms with Gasteiger partial charge in [0, 0.05) is 11.0 Å². The van der Waals surface area contributed by atoms with E-state index in [1.54, 1.807) is 18.9 Å². The van der Waals surface area contributed by atoms with Crippen molar-refractivity contribution in [2.24, 2.45) is 5.92 Å². The summed E-state index contributed by atoms with van der Waals surface area (Å²) in [7, 11) is 3.16. The molecular formula is C15H21BrN2O3. The number of ether oxygens (including phenoxy) is 1. The largest absolute Gasteiger partial charge is 0.469 e. The molecular weight excluding hydrogens is 336 g/mol. The van der Waals surface area contributed by atoms with E-state index in [4.69, 9.17) is 0 Å². The minimum atomic E-state index is -0.275. The minimum Gasteiger partial charge on any atom is -0.469 e. The molecule has 0 aromatic heterocycles. The van der Waals surface area contributed by atoms with Crippen LogP contribution in [0.25, 0.3) is 0 Å². The van der Waals surface area contributed by atoms with Gasteiger partial charge in [-0.1, -0.05) is 13.0 Å². The number of hydrogen-bond acceptors (Lipinski definition) is 4. The lowest BCUT2D eigenvalue weighted by molar-refractivity contribution is -0.145. The molecule has 1 aromatic carbocycles. The Kier molecular flexibility index (Phi) is 6.84. The molecule has 0 heterocycles. The Labute approximate surface area is 133 Å². The molecule has 1 aromatic rings. The van der Waals surface area contributed by atoms with E-state index >= 15 is 0 Å². The van der Waals surface area contributed by atoms with Gasteiger partial charge >= 0.3 is 5.97 Å². The Morgan fingerprint density at radius 1 is 1.43 bits per heavy atom. The summed E-state index contributed by atoms with van der Waals surface area (Å²) in [6.45, 7) is 4.44. The lowest BCUT2D eigenvalue weighted by Gasteiger charge is -2.19. The summed E-state index contributed by atoms with van der Waals surface area (Å²) in [6.07, 6.45) is 0. The van der Waals surface area contributed by atoms with Gasteiger partial charge in [0.05, 0.1) is 25.3 Å². The lowest BCUT2D eigenvalue weighted by Crippen LogP contribution is -2.35. The Morgan fingerprint density at radius 2 is 2.10 bits per heavy atom. The number of aryl methyl sites for hydroxylation is 1. The molecule has 1 atom stereocenters. The number of esters is 1. The van der Waals surface area contributed by atoms with E-state index in [1.807, 2.05) is 25.1 Å². The number of carbonyl (C=O) groups is 2. The molecule has 1 unspecified atom stereocenters. The highest BCUT2D eigenvalue weighted by Crippen LogP contribution is 2.23. The van der Waals surface area contributed by atoms with Crippen LogP contribution in [0.5, 0.6) is 0 Å². The average Bonchev–Trinajstić information content (AvgIpc) is 2.40. The first-order valence-corrected chi connectivity index (χ1v) is 7.45. The summed E-state index contributed by atoms with van der Waals surface area (Å²) >= 11 is 3.42. The van der Waals surface area contributed by atoms with Gasteiger partial charge in [-0.25, -0.2) is 0 Å². The van der Waals surface area contributed by atoms with Crippen molar-refractivity contribution in [1.29, 1.82) is 0 Å². The van der Waals surface area contributed by atoms with Crippen molar-refractivity contribution >= 4 is 33.5 Å². The second-order valence-electron chi connectivity index (χ2n) is 5.15. The van der Waals surface area contributed by atoms with Crippen LogP contribution in [-0.2, 0) is 14.3 Å². The molecule has 0 bridgehead atoms. The average molecular weight is 357 g/mol. The molecule has 0 radical (unpaired) electrons. The SMILES string of the molecule is COC(=O)C(C)CN(C)CC(=O)Nc1ccc(C)cc1Br. The molecule has 0 saturated carbocycles. The first-order chi connectivity index (χ1) is 9.83. The summed E-state index contributed by atoms with van der Waals surface area (Å²) in [5, 5.41) is 2.84. The van der Waals surface area contributed by atoms with Crippen LogP contribution in [0.1, 0.15) is 12.5 Å².